The lowest BCUT2D eigenvalue weighted by molar-refractivity contribution is 0.326. The van der Waals surface area contributed by atoms with Crippen molar-refractivity contribution in [3.63, 3.8) is 0 Å². The normalized spacial score (nSPS) is 20.9. The fourth-order valence-electron chi connectivity index (χ4n) is 1.95. The van der Waals surface area contributed by atoms with Gasteiger partial charge in [-0.25, -0.2) is 9.97 Å². The van der Waals surface area contributed by atoms with Crippen molar-refractivity contribution >= 4 is 5.82 Å². The molecule has 1 aromatic heterocycles. The Hall–Kier alpha value is -1.36. The van der Waals surface area contributed by atoms with Crippen molar-refractivity contribution < 1.29 is 4.74 Å². The second-order valence-electron chi connectivity index (χ2n) is 4.00. The van der Waals surface area contributed by atoms with Crippen molar-refractivity contribution in [2.45, 2.75) is 25.8 Å². The molecule has 0 radical (unpaired) electrons. The van der Waals surface area contributed by atoms with Gasteiger partial charge in [0.15, 0.2) is 0 Å². The summed E-state index contributed by atoms with van der Waals surface area (Å²) in [6, 6.07) is 2.13. The van der Waals surface area contributed by atoms with Gasteiger partial charge in [0, 0.05) is 25.2 Å². The molecule has 0 aliphatic carbocycles. The highest BCUT2D eigenvalue weighted by molar-refractivity contribution is 5.41. The van der Waals surface area contributed by atoms with Crippen molar-refractivity contribution in [3.05, 3.63) is 12.4 Å². The first-order chi connectivity index (χ1) is 7.79. The Morgan fingerprint density at radius 1 is 1.56 bits per heavy atom. The van der Waals surface area contributed by atoms with Crippen LogP contribution in [0, 0.1) is 0 Å². The topological polar surface area (TPSA) is 64.3 Å². The zero-order valence-corrected chi connectivity index (χ0v) is 9.59. The zero-order chi connectivity index (χ0) is 11.4. The van der Waals surface area contributed by atoms with Crippen LogP contribution < -0.4 is 15.4 Å². The second kappa shape index (κ2) is 5.12. The summed E-state index contributed by atoms with van der Waals surface area (Å²) in [7, 11) is 0. The number of hydrogen-bond donors (Lipinski definition) is 1. The first-order valence-corrected chi connectivity index (χ1v) is 5.75. The summed E-state index contributed by atoms with van der Waals surface area (Å²) in [6.07, 6.45) is 3.76. The van der Waals surface area contributed by atoms with Gasteiger partial charge in [0.25, 0.3) is 0 Å². The fraction of sp³-hybridized carbons (Fsp3) is 0.636. The first kappa shape index (κ1) is 11.1. The highest BCUT2D eigenvalue weighted by Gasteiger charge is 2.18. The molecular formula is C11H18N4O. The number of ether oxygens (including phenoxy) is 1. The van der Waals surface area contributed by atoms with Crippen LogP contribution in [-0.4, -0.2) is 35.7 Å². The van der Waals surface area contributed by atoms with Gasteiger partial charge in [-0.3, -0.25) is 0 Å². The molecule has 88 valence electrons. The highest BCUT2D eigenvalue weighted by atomic mass is 16.5. The lowest BCUT2D eigenvalue weighted by Gasteiger charge is -2.31. The second-order valence-corrected chi connectivity index (χ2v) is 4.00. The van der Waals surface area contributed by atoms with Crippen LogP contribution in [0.1, 0.15) is 19.8 Å². The molecule has 0 spiro atoms. The standard InChI is InChI=1S/C11H18N4O/c1-2-16-11-6-10(13-8-14-11)15-5-3-4-9(12)7-15/h6,8-9H,2-5,7,12H2,1H3/t9-/m1/s1. The van der Waals surface area contributed by atoms with E-state index in [1.165, 1.54) is 0 Å². The summed E-state index contributed by atoms with van der Waals surface area (Å²) in [5, 5.41) is 0. The van der Waals surface area contributed by atoms with Crippen molar-refractivity contribution in [3.8, 4) is 5.88 Å². The van der Waals surface area contributed by atoms with Crippen molar-refractivity contribution in [2.75, 3.05) is 24.6 Å². The van der Waals surface area contributed by atoms with E-state index in [1.54, 1.807) is 6.33 Å². The van der Waals surface area contributed by atoms with E-state index in [0.29, 0.717) is 12.5 Å². The summed E-state index contributed by atoms with van der Waals surface area (Å²) < 4.78 is 5.36. The van der Waals surface area contributed by atoms with E-state index < -0.39 is 0 Å². The Balaban J connectivity index is 2.09. The van der Waals surface area contributed by atoms with E-state index in [0.717, 1.165) is 31.7 Å². The molecule has 1 aliphatic rings. The smallest absolute Gasteiger partial charge is 0.218 e. The summed E-state index contributed by atoms with van der Waals surface area (Å²) in [6.45, 7) is 4.44. The summed E-state index contributed by atoms with van der Waals surface area (Å²) in [4.78, 5) is 10.5. The average molecular weight is 222 g/mol. The zero-order valence-electron chi connectivity index (χ0n) is 9.59. The van der Waals surface area contributed by atoms with E-state index in [-0.39, 0.29) is 6.04 Å². The van der Waals surface area contributed by atoms with E-state index >= 15 is 0 Å². The summed E-state index contributed by atoms with van der Waals surface area (Å²) in [5.41, 5.74) is 5.94. The monoisotopic (exact) mass is 222 g/mol. The van der Waals surface area contributed by atoms with Gasteiger partial charge in [-0.2, -0.15) is 0 Å². The van der Waals surface area contributed by atoms with Gasteiger partial charge in [0.05, 0.1) is 6.61 Å². The highest BCUT2D eigenvalue weighted by Crippen LogP contribution is 2.19. The first-order valence-electron chi connectivity index (χ1n) is 5.75. The SMILES string of the molecule is CCOc1cc(N2CCC[C@@H](N)C2)ncn1. The minimum atomic E-state index is 0.249. The Kier molecular flexibility index (Phi) is 3.56. The molecule has 1 fully saturated rings. The quantitative estimate of drug-likeness (QED) is 0.819. The lowest BCUT2D eigenvalue weighted by atomic mass is 10.1. The molecule has 0 aromatic carbocycles. The van der Waals surface area contributed by atoms with Gasteiger partial charge in [-0.1, -0.05) is 0 Å². The van der Waals surface area contributed by atoms with E-state index in [4.69, 9.17) is 10.5 Å². The molecule has 0 bridgehead atoms. The maximum Gasteiger partial charge on any atom is 0.218 e. The maximum atomic E-state index is 5.94. The van der Waals surface area contributed by atoms with Crippen LogP contribution >= 0.6 is 0 Å². The molecule has 5 heteroatoms. The van der Waals surface area contributed by atoms with Crippen molar-refractivity contribution in [2.24, 2.45) is 5.73 Å². The molecule has 5 nitrogen and oxygen atoms in total. The van der Waals surface area contributed by atoms with Crippen molar-refractivity contribution in [1.29, 1.82) is 0 Å². The molecule has 16 heavy (non-hydrogen) atoms. The molecule has 0 saturated carbocycles. The van der Waals surface area contributed by atoms with Crippen LogP contribution in [0.25, 0.3) is 0 Å². The number of piperidine rings is 1. The summed E-state index contributed by atoms with van der Waals surface area (Å²) >= 11 is 0. The minimum Gasteiger partial charge on any atom is -0.478 e. The van der Waals surface area contributed by atoms with Gasteiger partial charge in [-0.15, -0.1) is 0 Å². The number of hydrogen-bond acceptors (Lipinski definition) is 5. The van der Waals surface area contributed by atoms with E-state index in [2.05, 4.69) is 14.9 Å². The average Bonchev–Trinajstić information content (AvgIpc) is 2.30. The molecule has 0 unspecified atom stereocenters. The van der Waals surface area contributed by atoms with Crippen LogP contribution in [0.15, 0.2) is 12.4 Å². The summed E-state index contributed by atoms with van der Waals surface area (Å²) in [5.74, 6) is 1.54. The molecule has 1 aromatic rings. The van der Waals surface area contributed by atoms with Gasteiger partial charge in [0.1, 0.15) is 12.1 Å². The van der Waals surface area contributed by atoms with Gasteiger partial charge >= 0.3 is 0 Å². The molecule has 1 aliphatic heterocycles. The number of nitrogens with zero attached hydrogens (tertiary/aromatic N) is 3. The Morgan fingerprint density at radius 2 is 2.44 bits per heavy atom. The lowest BCUT2D eigenvalue weighted by Crippen LogP contribution is -2.43. The van der Waals surface area contributed by atoms with Crippen LogP contribution in [0.2, 0.25) is 0 Å². The third-order valence-electron chi connectivity index (χ3n) is 2.70. The Labute approximate surface area is 95.6 Å². The third kappa shape index (κ3) is 2.61. The number of anilines is 1. The van der Waals surface area contributed by atoms with Crippen LogP contribution in [0.4, 0.5) is 5.82 Å². The van der Waals surface area contributed by atoms with Gasteiger partial charge < -0.3 is 15.4 Å². The predicted octanol–water partition coefficient (Wildman–Crippen LogP) is 0.803. The number of nitrogens with two attached hydrogens (primary N) is 1. The third-order valence-corrected chi connectivity index (χ3v) is 2.70. The van der Waals surface area contributed by atoms with Crippen LogP contribution in [-0.2, 0) is 0 Å². The van der Waals surface area contributed by atoms with Gasteiger partial charge in [-0.05, 0) is 19.8 Å². The Bertz CT molecular complexity index is 345. The number of aromatic nitrogens is 2. The van der Waals surface area contributed by atoms with E-state index in [9.17, 15) is 0 Å². The maximum absolute atomic E-state index is 5.94. The van der Waals surface area contributed by atoms with E-state index in [1.807, 2.05) is 13.0 Å². The largest absolute Gasteiger partial charge is 0.478 e. The predicted molar refractivity (Wildman–Crippen MR) is 62.6 cm³/mol. The Morgan fingerprint density at radius 3 is 3.19 bits per heavy atom. The fourth-order valence-corrected chi connectivity index (χ4v) is 1.95. The molecule has 2 heterocycles. The van der Waals surface area contributed by atoms with Crippen LogP contribution in [0.3, 0.4) is 0 Å². The molecular weight excluding hydrogens is 204 g/mol. The number of rotatable bonds is 3. The molecule has 1 saturated heterocycles. The molecule has 2 rings (SSSR count). The molecule has 1 atom stereocenters. The minimum absolute atomic E-state index is 0.249. The van der Waals surface area contributed by atoms with Gasteiger partial charge in [0.2, 0.25) is 5.88 Å². The molecule has 2 N–H and O–H groups in total. The van der Waals surface area contributed by atoms with Crippen molar-refractivity contribution in [1.82, 2.24) is 9.97 Å². The van der Waals surface area contributed by atoms with Crippen LogP contribution in [0.5, 0.6) is 5.88 Å². The molecule has 0 amide bonds.